The summed E-state index contributed by atoms with van der Waals surface area (Å²) in [5, 5.41) is 3.09. The highest BCUT2D eigenvalue weighted by Crippen LogP contribution is 2.10. The number of carbonyl (C=O) groups excluding carboxylic acids is 2. The van der Waals surface area contributed by atoms with E-state index in [-0.39, 0.29) is 18.4 Å². The third-order valence-electron chi connectivity index (χ3n) is 3.18. The van der Waals surface area contributed by atoms with Crippen LogP contribution in [-0.4, -0.2) is 30.3 Å². The third-order valence-corrected chi connectivity index (χ3v) is 3.41. The van der Waals surface area contributed by atoms with Crippen LogP contribution < -0.4 is 5.32 Å². The fourth-order valence-corrected chi connectivity index (χ4v) is 2.16. The summed E-state index contributed by atoms with van der Waals surface area (Å²) in [4.78, 5) is 25.6. The normalized spacial score (nSPS) is 10.1. The molecule has 22 heavy (non-hydrogen) atoms. The van der Waals surface area contributed by atoms with Crippen LogP contribution in [-0.2, 0) is 11.3 Å². The number of likely N-dealkylation sites (N-methyl/N-ethyl adjacent to an activating group) is 1. The van der Waals surface area contributed by atoms with Crippen molar-refractivity contribution < 1.29 is 9.59 Å². The first-order valence-corrected chi connectivity index (χ1v) is 7.25. The molecule has 0 atom stereocenters. The van der Waals surface area contributed by atoms with Gasteiger partial charge in [0.25, 0.3) is 5.91 Å². The molecule has 0 saturated heterocycles. The largest absolute Gasteiger partial charge is 0.343 e. The molecule has 0 aromatic heterocycles. The van der Waals surface area contributed by atoms with Crippen LogP contribution in [0.5, 0.6) is 0 Å². The Bertz CT molecular complexity index is 659. The maximum atomic E-state index is 12.0. The van der Waals surface area contributed by atoms with E-state index in [4.69, 9.17) is 11.6 Å². The average molecular weight is 317 g/mol. The number of carbonyl (C=O) groups is 2. The van der Waals surface area contributed by atoms with Crippen molar-refractivity contribution >= 4 is 23.4 Å². The first-order valence-electron chi connectivity index (χ1n) is 6.88. The van der Waals surface area contributed by atoms with E-state index in [9.17, 15) is 9.59 Å². The van der Waals surface area contributed by atoms with Gasteiger partial charge in [-0.15, -0.1) is 0 Å². The molecule has 2 rings (SSSR count). The number of amides is 2. The van der Waals surface area contributed by atoms with Crippen LogP contribution >= 0.6 is 11.6 Å². The Morgan fingerprint density at radius 2 is 1.82 bits per heavy atom. The number of rotatable bonds is 5. The molecule has 0 heterocycles. The number of hydrogen-bond acceptors (Lipinski definition) is 2. The maximum Gasteiger partial charge on any atom is 0.251 e. The van der Waals surface area contributed by atoms with Crippen LogP contribution in [0.3, 0.4) is 0 Å². The van der Waals surface area contributed by atoms with Gasteiger partial charge in [0.15, 0.2) is 0 Å². The zero-order valence-electron chi connectivity index (χ0n) is 12.3. The van der Waals surface area contributed by atoms with E-state index in [1.807, 2.05) is 30.3 Å². The molecule has 0 aliphatic heterocycles. The fourth-order valence-electron chi connectivity index (χ4n) is 1.97. The molecule has 5 heteroatoms. The molecule has 0 saturated carbocycles. The number of hydrogen-bond donors (Lipinski definition) is 1. The number of benzene rings is 2. The molecule has 1 N–H and O–H groups in total. The van der Waals surface area contributed by atoms with Crippen molar-refractivity contribution in [1.82, 2.24) is 10.2 Å². The van der Waals surface area contributed by atoms with Gasteiger partial charge in [-0.25, -0.2) is 0 Å². The molecule has 0 aliphatic rings. The van der Waals surface area contributed by atoms with Gasteiger partial charge in [0, 0.05) is 24.2 Å². The van der Waals surface area contributed by atoms with Gasteiger partial charge in [0.05, 0.1) is 6.54 Å². The highest BCUT2D eigenvalue weighted by atomic mass is 35.5. The van der Waals surface area contributed by atoms with Gasteiger partial charge in [-0.2, -0.15) is 0 Å². The summed E-state index contributed by atoms with van der Waals surface area (Å²) in [6.07, 6.45) is 0. The molecule has 0 aliphatic carbocycles. The molecule has 2 aromatic rings. The van der Waals surface area contributed by atoms with Gasteiger partial charge in [-0.3, -0.25) is 9.59 Å². The van der Waals surface area contributed by atoms with Crippen LogP contribution in [0.4, 0.5) is 0 Å². The summed E-state index contributed by atoms with van der Waals surface area (Å²) in [7, 11) is 1.71. The molecule has 2 amide bonds. The zero-order chi connectivity index (χ0) is 15.9. The van der Waals surface area contributed by atoms with Gasteiger partial charge < -0.3 is 10.2 Å². The molecule has 2 aromatic carbocycles. The second kappa shape index (κ2) is 7.61. The van der Waals surface area contributed by atoms with Gasteiger partial charge in [-0.1, -0.05) is 48.0 Å². The third kappa shape index (κ3) is 4.60. The fraction of sp³-hybridized carbons (Fsp3) is 0.176. The lowest BCUT2D eigenvalue weighted by Gasteiger charge is -2.17. The van der Waals surface area contributed by atoms with Crippen molar-refractivity contribution in [2.24, 2.45) is 0 Å². The van der Waals surface area contributed by atoms with Crippen LogP contribution in [0.25, 0.3) is 0 Å². The van der Waals surface area contributed by atoms with Crippen molar-refractivity contribution in [2.75, 3.05) is 13.6 Å². The molecule has 4 nitrogen and oxygen atoms in total. The quantitative estimate of drug-likeness (QED) is 0.922. The lowest BCUT2D eigenvalue weighted by atomic mass is 10.2. The van der Waals surface area contributed by atoms with Gasteiger partial charge in [0.1, 0.15) is 0 Å². The molecule has 0 bridgehead atoms. The average Bonchev–Trinajstić information content (AvgIpc) is 2.53. The second-order valence-electron chi connectivity index (χ2n) is 4.93. The molecule has 0 radical (unpaired) electrons. The first kappa shape index (κ1) is 16.0. The predicted octanol–water partition coefficient (Wildman–Crippen LogP) is 2.73. The van der Waals surface area contributed by atoms with Crippen molar-refractivity contribution in [3.63, 3.8) is 0 Å². The molecule has 0 unspecified atom stereocenters. The van der Waals surface area contributed by atoms with Crippen LogP contribution in [0, 0.1) is 0 Å². The maximum absolute atomic E-state index is 12.0. The Morgan fingerprint density at radius 3 is 2.50 bits per heavy atom. The summed E-state index contributed by atoms with van der Waals surface area (Å²) in [5.41, 5.74) is 1.48. The van der Waals surface area contributed by atoms with E-state index in [1.54, 1.807) is 36.2 Å². The number of nitrogens with zero attached hydrogens (tertiary/aromatic N) is 1. The Hall–Kier alpha value is -2.33. The summed E-state index contributed by atoms with van der Waals surface area (Å²) >= 11 is 5.84. The van der Waals surface area contributed by atoms with Crippen molar-refractivity contribution in [2.45, 2.75) is 6.54 Å². The Labute approximate surface area is 134 Å². The van der Waals surface area contributed by atoms with E-state index >= 15 is 0 Å². The Balaban J connectivity index is 1.85. The summed E-state index contributed by atoms with van der Waals surface area (Å²) < 4.78 is 0. The van der Waals surface area contributed by atoms with E-state index in [0.29, 0.717) is 17.1 Å². The molecular formula is C17H17ClN2O2. The second-order valence-corrected chi connectivity index (χ2v) is 5.36. The van der Waals surface area contributed by atoms with E-state index < -0.39 is 0 Å². The first-order chi connectivity index (χ1) is 10.6. The predicted molar refractivity (Wildman–Crippen MR) is 86.7 cm³/mol. The molecule has 0 spiro atoms. The van der Waals surface area contributed by atoms with Crippen molar-refractivity contribution in [3.05, 3.63) is 70.7 Å². The minimum Gasteiger partial charge on any atom is -0.343 e. The SMILES string of the molecule is CN(Cc1ccccc1)C(=O)CNC(=O)c1cccc(Cl)c1. The Kier molecular flexibility index (Phi) is 5.55. The highest BCUT2D eigenvalue weighted by Gasteiger charge is 2.12. The smallest absolute Gasteiger partial charge is 0.251 e. The van der Waals surface area contributed by atoms with Crippen molar-refractivity contribution in [3.8, 4) is 0 Å². The molecule has 0 fully saturated rings. The number of nitrogens with one attached hydrogen (secondary N) is 1. The van der Waals surface area contributed by atoms with E-state index in [2.05, 4.69) is 5.32 Å². The topological polar surface area (TPSA) is 49.4 Å². The van der Waals surface area contributed by atoms with E-state index in [0.717, 1.165) is 5.56 Å². The summed E-state index contributed by atoms with van der Waals surface area (Å²) in [6.45, 7) is 0.460. The van der Waals surface area contributed by atoms with Gasteiger partial charge in [-0.05, 0) is 23.8 Å². The highest BCUT2D eigenvalue weighted by molar-refractivity contribution is 6.30. The minimum absolute atomic E-state index is 0.0469. The lowest BCUT2D eigenvalue weighted by molar-refractivity contribution is -0.129. The summed E-state index contributed by atoms with van der Waals surface area (Å²) in [5.74, 6) is -0.469. The van der Waals surface area contributed by atoms with Gasteiger partial charge in [0.2, 0.25) is 5.91 Å². The van der Waals surface area contributed by atoms with Crippen molar-refractivity contribution in [1.29, 1.82) is 0 Å². The van der Waals surface area contributed by atoms with Crippen LogP contribution in [0.2, 0.25) is 5.02 Å². The number of halogens is 1. The standard InChI is InChI=1S/C17H17ClN2O2/c1-20(12-13-6-3-2-4-7-13)16(21)11-19-17(22)14-8-5-9-15(18)10-14/h2-10H,11-12H2,1H3,(H,19,22). The zero-order valence-corrected chi connectivity index (χ0v) is 13.0. The van der Waals surface area contributed by atoms with Crippen LogP contribution in [0.1, 0.15) is 15.9 Å². The summed E-state index contributed by atoms with van der Waals surface area (Å²) in [6, 6.07) is 16.3. The molecular weight excluding hydrogens is 300 g/mol. The van der Waals surface area contributed by atoms with E-state index in [1.165, 1.54) is 0 Å². The minimum atomic E-state index is -0.316. The van der Waals surface area contributed by atoms with Gasteiger partial charge >= 0.3 is 0 Å². The van der Waals surface area contributed by atoms with Crippen LogP contribution in [0.15, 0.2) is 54.6 Å². The lowest BCUT2D eigenvalue weighted by Crippen LogP contribution is -2.37. The molecule has 114 valence electrons. The monoisotopic (exact) mass is 316 g/mol. The Morgan fingerprint density at radius 1 is 1.09 bits per heavy atom.